The molecule has 0 bridgehead atoms. The van der Waals surface area contributed by atoms with E-state index in [0.717, 1.165) is 11.3 Å². The molecule has 10 nitrogen and oxygen atoms in total. The Bertz CT molecular complexity index is 1550. The van der Waals surface area contributed by atoms with E-state index in [0.29, 0.717) is 21.6 Å². The Hall–Kier alpha value is -4.82. The van der Waals surface area contributed by atoms with Crippen LogP contribution in [0, 0.1) is 21.4 Å². The molecule has 34 heavy (non-hydrogen) atoms. The Morgan fingerprint density at radius 3 is 2.71 bits per heavy atom. The zero-order valence-electron chi connectivity index (χ0n) is 17.5. The summed E-state index contributed by atoms with van der Waals surface area (Å²) in [6.45, 7) is 0. The Balaban J connectivity index is 1.61. The van der Waals surface area contributed by atoms with Crippen LogP contribution in [0.3, 0.4) is 0 Å². The summed E-state index contributed by atoms with van der Waals surface area (Å²) in [5.74, 6) is -0.456. The lowest BCUT2D eigenvalue weighted by atomic mass is 10.1. The SMILES string of the molecule is COC(=O)c1ccc(NC=C(C#N)c2nc(-c3cc4cc([N+](=O)[O-])ccc4oc3=O)cs2)cc1. The topological polar surface area (TPSA) is 148 Å². The lowest BCUT2D eigenvalue weighted by Crippen LogP contribution is -2.03. The van der Waals surface area contributed by atoms with Gasteiger partial charge in [0.15, 0.2) is 0 Å². The number of non-ortho nitro benzene ring substituents is 1. The molecule has 4 rings (SSSR count). The number of anilines is 1. The number of allylic oxidation sites excluding steroid dienone is 1. The number of thiazole rings is 1. The lowest BCUT2D eigenvalue weighted by Gasteiger charge is -2.03. The molecular formula is C23H14N4O6S. The van der Waals surface area contributed by atoms with Crippen molar-refractivity contribution in [3.05, 3.63) is 91.2 Å². The molecule has 0 fully saturated rings. The smallest absolute Gasteiger partial charge is 0.345 e. The van der Waals surface area contributed by atoms with Crippen molar-refractivity contribution in [2.75, 3.05) is 12.4 Å². The number of nitro groups is 1. The van der Waals surface area contributed by atoms with Gasteiger partial charge in [0.1, 0.15) is 22.2 Å². The van der Waals surface area contributed by atoms with Crippen molar-refractivity contribution in [1.29, 1.82) is 5.26 Å². The van der Waals surface area contributed by atoms with Crippen LogP contribution in [0.1, 0.15) is 15.4 Å². The van der Waals surface area contributed by atoms with Crippen molar-refractivity contribution in [1.82, 2.24) is 4.98 Å². The second-order valence-electron chi connectivity index (χ2n) is 6.85. The van der Waals surface area contributed by atoms with E-state index >= 15 is 0 Å². The van der Waals surface area contributed by atoms with Gasteiger partial charge in [-0.1, -0.05) is 0 Å². The number of carbonyl (C=O) groups excluding carboxylic acids is 1. The molecule has 4 aromatic rings. The van der Waals surface area contributed by atoms with Gasteiger partial charge in [-0.3, -0.25) is 10.1 Å². The number of aromatic nitrogens is 1. The van der Waals surface area contributed by atoms with Crippen LogP contribution >= 0.6 is 11.3 Å². The summed E-state index contributed by atoms with van der Waals surface area (Å²) in [5, 5.41) is 25.9. The van der Waals surface area contributed by atoms with E-state index < -0.39 is 16.5 Å². The van der Waals surface area contributed by atoms with Gasteiger partial charge in [0.2, 0.25) is 0 Å². The lowest BCUT2D eigenvalue weighted by molar-refractivity contribution is -0.384. The van der Waals surface area contributed by atoms with Crippen molar-refractivity contribution in [2.24, 2.45) is 0 Å². The Labute approximate surface area is 195 Å². The molecule has 0 atom stereocenters. The maximum Gasteiger partial charge on any atom is 0.345 e. The number of ether oxygens (including phenoxy) is 1. The molecule has 0 aliphatic carbocycles. The molecule has 0 unspecified atom stereocenters. The minimum absolute atomic E-state index is 0.124. The molecule has 11 heteroatoms. The first-order chi connectivity index (χ1) is 16.4. The molecule has 0 spiro atoms. The predicted octanol–water partition coefficient (Wildman–Crippen LogP) is 4.59. The first-order valence-corrected chi connectivity index (χ1v) is 10.5. The summed E-state index contributed by atoms with van der Waals surface area (Å²) in [5.41, 5.74) is 1.08. The van der Waals surface area contributed by atoms with Crippen molar-refractivity contribution >= 4 is 45.2 Å². The number of esters is 1. The van der Waals surface area contributed by atoms with Crippen LogP contribution in [0.5, 0.6) is 0 Å². The van der Waals surface area contributed by atoms with E-state index in [9.17, 15) is 25.0 Å². The van der Waals surface area contributed by atoms with E-state index in [1.54, 1.807) is 29.6 Å². The monoisotopic (exact) mass is 474 g/mol. The van der Waals surface area contributed by atoms with Crippen molar-refractivity contribution in [3.8, 4) is 17.3 Å². The number of nitrogens with one attached hydrogen (secondary N) is 1. The van der Waals surface area contributed by atoms with Crippen LogP contribution in [-0.4, -0.2) is 23.0 Å². The summed E-state index contributed by atoms with van der Waals surface area (Å²) in [6, 6.07) is 13.9. The van der Waals surface area contributed by atoms with Crippen molar-refractivity contribution < 1.29 is 18.9 Å². The minimum atomic E-state index is -0.649. The van der Waals surface area contributed by atoms with E-state index in [1.165, 1.54) is 37.6 Å². The second kappa shape index (κ2) is 9.35. The van der Waals surface area contributed by atoms with Gasteiger partial charge in [0.05, 0.1) is 28.9 Å². The normalized spacial score (nSPS) is 11.1. The number of nitrogens with zero attached hydrogens (tertiary/aromatic N) is 3. The van der Waals surface area contributed by atoms with Gasteiger partial charge in [-0.15, -0.1) is 11.3 Å². The fraction of sp³-hybridized carbons (Fsp3) is 0.0435. The fourth-order valence-electron chi connectivity index (χ4n) is 3.04. The third kappa shape index (κ3) is 4.52. The van der Waals surface area contributed by atoms with E-state index in [-0.39, 0.29) is 28.1 Å². The first kappa shape index (κ1) is 22.4. The molecule has 1 N–H and O–H groups in total. The summed E-state index contributed by atoms with van der Waals surface area (Å²) in [4.78, 5) is 38.8. The van der Waals surface area contributed by atoms with Crippen LogP contribution in [0.25, 0.3) is 27.8 Å². The number of hydrogen-bond acceptors (Lipinski definition) is 10. The molecule has 0 saturated carbocycles. The number of hydrogen-bond donors (Lipinski definition) is 1. The quantitative estimate of drug-likeness (QED) is 0.139. The summed E-state index contributed by atoms with van der Waals surface area (Å²) in [6.07, 6.45) is 1.46. The molecule has 0 amide bonds. The average molecular weight is 474 g/mol. The number of nitro benzene ring substituents is 1. The van der Waals surface area contributed by atoms with Crippen LogP contribution in [0.15, 0.2) is 69.3 Å². The van der Waals surface area contributed by atoms with Gasteiger partial charge in [-0.05, 0) is 36.4 Å². The number of methoxy groups -OCH3 is 1. The van der Waals surface area contributed by atoms with Crippen LogP contribution in [0.2, 0.25) is 0 Å². The largest absolute Gasteiger partial charge is 0.465 e. The minimum Gasteiger partial charge on any atom is -0.465 e. The highest BCUT2D eigenvalue weighted by Crippen LogP contribution is 2.28. The molecule has 0 aliphatic heterocycles. The zero-order valence-corrected chi connectivity index (χ0v) is 18.3. The van der Waals surface area contributed by atoms with Gasteiger partial charge in [0, 0.05) is 34.8 Å². The summed E-state index contributed by atoms with van der Waals surface area (Å²) < 4.78 is 9.94. The maximum absolute atomic E-state index is 12.4. The van der Waals surface area contributed by atoms with Gasteiger partial charge >= 0.3 is 11.6 Å². The highest BCUT2D eigenvalue weighted by atomic mass is 32.1. The Morgan fingerprint density at radius 1 is 1.26 bits per heavy atom. The number of fused-ring (bicyclic) bond motifs is 1. The number of rotatable bonds is 6. The number of benzene rings is 2. The average Bonchev–Trinajstić information content (AvgIpc) is 3.33. The third-order valence-corrected chi connectivity index (χ3v) is 5.62. The zero-order chi connectivity index (χ0) is 24.2. The standard InChI is InChI=1S/C23H14N4O6S/c1-32-22(28)13-2-4-16(5-3-13)25-11-15(10-24)21-26-19(12-34-21)18-9-14-8-17(27(30)31)6-7-20(14)33-23(18)29/h2-9,11-12,25H,1H3. The Kier molecular flexibility index (Phi) is 6.16. The first-order valence-electron chi connectivity index (χ1n) is 9.63. The summed E-state index contributed by atoms with van der Waals surface area (Å²) >= 11 is 1.15. The van der Waals surface area contributed by atoms with E-state index in [1.807, 2.05) is 0 Å². The second-order valence-corrected chi connectivity index (χ2v) is 7.71. The molecular weight excluding hydrogens is 460 g/mol. The molecule has 0 radical (unpaired) electrons. The van der Waals surface area contributed by atoms with Crippen molar-refractivity contribution in [3.63, 3.8) is 0 Å². The van der Waals surface area contributed by atoms with Gasteiger partial charge < -0.3 is 14.5 Å². The van der Waals surface area contributed by atoms with Gasteiger partial charge in [0.25, 0.3) is 5.69 Å². The number of nitriles is 1. The van der Waals surface area contributed by atoms with Gasteiger partial charge in [-0.2, -0.15) is 5.26 Å². The predicted molar refractivity (Wildman–Crippen MR) is 125 cm³/mol. The third-order valence-electron chi connectivity index (χ3n) is 4.75. The Morgan fingerprint density at radius 2 is 2.03 bits per heavy atom. The van der Waals surface area contributed by atoms with E-state index in [4.69, 9.17) is 4.42 Å². The summed E-state index contributed by atoms with van der Waals surface area (Å²) in [7, 11) is 1.30. The van der Waals surface area contributed by atoms with E-state index in [2.05, 4.69) is 21.1 Å². The maximum atomic E-state index is 12.4. The molecule has 2 aromatic heterocycles. The highest BCUT2D eigenvalue weighted by Gasteiger charge is 2.15. The molecule has 2 heterocycles. The molecule has 168 valence electrons. The van der Waals surface area contributed by atoms with Crippen molar-refractivity contribution in [2.45, 2.75) is 0 Å². The fourth-order valence-corrected chi connectivity index (χ4v) is 3.83. The molecule has 0 saturated heterocycles. The van der Waals surface area contributed by atoms with Crippen LogP contribution in [-0.2, 0) is 4.74 Å². The highest BCUT2D eigenvalue weighted by molar-refractivity contribution is 7.11. The van der Waals surface area contributed by atoms with Crippen LogP contribution in [0.4, 0.5) is 11.4 Å². The number of carbonyl (C=O) groups is 1. The molecule has 0 aliphatic rings. The molecule has 2 aromatic carbocycles. The van der Waals surface area contributed by atoms with Crippen LogP contribution < -0.4 is 10.9 Å². The van der Waals surface area contributed by atoms with Gasteiger partial charge in [-0.25, -0.2) is 14.6 Å².